The minimum Gasteiger partial charge on any atom is -0.497 e. The van der Waals surface area contributed by atoms with Crippen molar-refractivity contribution in [3.05, 3.63) is 77.4 Å². The van der Waals surface area contributed by atoms with Gasteiger partial charge in [0.1, 0.15) is 12.0 Å². The third-order valence-electron chi connectivity index (χ3n) is 6.88. The number of hydrogen-bond donors (Lipinski definition) is 4. The van der Waals surface area contributed by atoms with Gasteiger partial charge in [0, 0.05) is 22.1 Å². The summed E-state index contributed by atoms with van der Waals surface area (Å²) in [7, 11) is 1.66. The molecule has 156 valence electrons. The molecule has 0 saturated heterocycles. The summed E-state index contributed by atoms with van der Waals surface area (Å²) in [4.78, 5) is 0. The second kappa shape index (κ2) is 6.57. The summed E-state index contributed by atoms with van der Waals surface area (Å²) < 4.78 is 5.42. The molecule has 3 atom stereocenters. The topological polar surface area (TPSA) is 90.4 Å². The van der Waals surface area contributed by atoms with Crippen molar-refractivity contribution in [1.29, 1.82) is 0 Å². The van der Waals surface area contributed by atoms with Gasteiger partial charge >= 0.3 is 0 Å². The maximum atomic E-state index is 10.9. The highest BCUT2D eigenvalue weighted by molar-refractivity contribution is 5.93. The van der Waals surface area contributed by atoms with Crippen LogP contribution in [0.1, 0.15) is 29.0 Å². The van der Waals surface area contributed by atoms with E-state index in [4.69, 9.17) is 4.74 Å². The van der Waals surface area contributed by atoms with Crippen molar-refractivity contribution < 1.29 is 14.9 Å². The van der Waals surface area contributed by atoms with Gasteiger partial charge < -0.3 is 20.3 Å². The zero-order valence-corrected chi connectivity index (χ0v) is 17.1. The first-order chi connectivity index (χ1) is 15.1. The third kappa shape index (κ3) is 2.62. The number of aromatic amines is 1. The van der Waals surface area contributed by atoms with Crippen LogP contribution in [0.2, 0.25) is 0 Å². The molecule has 4 aromatic rings. The van der Waals surface area contributed by atoms with E-state index in [9.17, 15) is 10.2 Å². The molecular formula is C25H23N3O3. The van der Waals surface area contributed by atoms with Crippen molar-refractivity contribution in [3.8, 4) is 17.0 Å². The van der Waals surface area contributed by atoms with Gasteiger partial charge in [-0.25, -0.2) is 0 Å². The number of methoxy groups -OCH3 is 1. The maximum Gasteiger partial charge on any atom is 0.134 e. The standard InChI is InChI=1S/C25H23N3O3/c1-31-17-6-8-21-19(11-17)25(24(30)26-21)12-20(25)15-5-7-18-22(10-15)27-28-23(18)16-4-2-3-14(9-16)13-29/h2-11,20,24,26,29-30H,12-13H2,1H3,(H,27,28)/t20-,24+,25?/m0/s1. The predicted molar refractivity (Wildman–Crippen MR) is 119 cm³/mol. The number of aromatic nitrogens is 2. The number of H-pyrrole nitrogens is 1. The summed E-state index contributed by atoms with van der Waals surface area (Å²) in [6.07, 6.45) is 0.265. The second-order valence-corrected chi connectivity index (χ2v) is 8.49. The number of aliphatic hydroxyl groups is 2. The average molecular weight is 413 g/mol. The summed E-state index contributed by atoms with van der Waals surface area (Å²) >= 11 is 0. The van der Waals surface area contributed by atoms with Gasteiger partial charge in [-0.15, -0.1) is 0 Å². The van der Waals surface area contributed by atoms with Gasteiger partial charge in [0.25, 0.3) is 0 Å². The zero-order valence-electron chi connectivity index (χ0n) is 17.1. The molecule has 1 aromatic heterocycles. The van der Waals surface area contributed by atoms with Crippen molar-refractivity contribution in [2.24, 2.45) is 0 Å². The van der Waals surface area contributed by atoms with E-state index in [2.05, 4.69) is 33.7 Å². The van der Waals surface area contributed by atoms with Crippen LogP contribution in [0.3, 0.4) is 0 Å². The number of anilines is 1. The lowest BCUT2D eigenvalue weighted by Gasteiger charge is -2.16. The van der Waals surface area contributed by atoms with Gasteiger partial charge in [-0.3, -0.25) is 5.10 Å². The molecule has 1 fully saturated rings. The smallest absolute Gasteiger partial charge is 0.134 e. The van der Waals surface area contributed by atoms with Crippen LogP contribution in [0.4, 0.5) is 5.69 Å². The van der Waals surface area contributed by atoms with Crippen LogP contribution < -0.4 is 10.1 Å². The van der Waals surface area contributed by atoms with Crippen LogP contribution in [-0.4, -0.2) is 33.7 Å². The summed E-state index contributed by atoms with van der Waals surface area (Å²) in [5.41, 5.74) is 6.64. The molecular weight excluding hydrogens is 390 g/mol. The monoisotopic (exact) mass is 413 g/mol. The maximum absolute atomic E-state index is 10.9. The lowest BCUT2D eigenvalue weighted by atomic mass is 9.91. The van der Waals surface area contributed by atoms with E-state index in [1.54, 1.807) is 7.11 Å². The van der Waals surface area contributed by atoms with Crippen molar-refractivity contribution in [2.45, 2.75) is 30.6 Å². The van der Waals surface area contributed by atoms with E-state index >= 15 is 0 Å². The molecule has 1 unspecified atom stereocenters. The molecule has 6 heteroatoms. The molecule has 1 saturated carbocycles. The fraction of sp³-hybridized carbons (Fsp3) is 0.240. The summed E-state index contributed by atoms with van der Waals surface area (Å²) in [5.74, 6) is 1.02. The Kier molecular flexibility index (Phi) is 3.91. The molecule has 6 rings (SSSR count). The quantitative estimate of drug-likeness (QED) is 0.407. The Balaban J connectivity index is 1.37. The number of ether oxygens (including phenoxy) is 1. The normalized spacial score (nSPS) is 23.7. The second-order valence-electron chi connectivity index (χ2n) is 8.49. The largest absolute Gasteiger partial charge is 0.497 e. The van der Waals surface area contributed by atoms with E-state index in [1.165, 1.54) is 5.56 Å². The molecule has 4 N–H and O–H groups in total. The molecule has 1 aliphatic carbocycles. The summed E-state index contributed by atoms with van der Waals surface area (Å²) in [5, 5.41) is 32.3. The fourth-order valence-electron chi connectivity index (χ4n) is 5.17. The highest BCUT2D eigenvalue weighted by Crippen LogP contribution is 2.67. The van der Waals surface area contributed by atoms with Crippen LogP contribution in [-0.2, 0) is 12.0 Å². The zero-order chi connectivity index (χ0) is 21.2. The molecule has 0 radical (unpaired) electrons. The van der Waals surface area contributed by atoms with Gasteiger partial charge in [-0.05, 0) is 59.4 Å². The van der Waals surface area contributed by atoms with E-state index in [1.807, 2.05) is 42.5 Å². The third-order valence-corrected chi connectivity index (χ3v) is 6.88. The van der Waals surface area contributed by atoms with Crippen molar-refractivity contribution in [1.82, 2.24) is 10.2 Å². The first kappa shape index (κ1) is 18.4. The molecule has 6 nitrogen and oxygen atoms in total. The minimum absolute atomic E-state index is 0.00667. The van der Waals surface area contributed by atoms with Gasteiger partial charge in [-0.2, -0.15) is 5.10 Å². The lowest BCUT2D eigenvalue weighted by molar-refractivity contribution is 0.166. The Morgan fingerprint density at radius 3 is 2.87 bits per heavy atom. The van der Waals surface area contributed by atoms with Gasteiger partial charge in [-0.1, -0.05) is 30.3 Å². The van der Waals surface area contributed by atoms with Crippen LogP contribution in [0.25, 0.3) is 22.2 Å². The van der Waals surface area contributed by atoms with Gasteiger partial charge in [0.15, 0.2) is 0 Å². The molecule has 1 aliphatic heterocycles. The number of hydrogen-bond acceptors (Lipinski definition) is 5. The molecule has 2 aliphatic rings. The number of rotatable bonds is 4. The predicted octanol–water partition coefficient (Wildman–Crippen LogP) is 3.90. The van der Waals surface area contributed by atoms with E-state index in [-0.39, 0.29) is 17.9 Å². The summed E-state index contributed by atoms with van der Waals surface area (Å²) in [6, 6.07) is 20.1. The van der Waals surface area contributed by atoms with E-state index in [0.29, 0.717) is 0 Å². The Labute approximate surface area is 179 Å². The van der Waals surface area contributed by atoms with Crippen LogP contribution in [0.15, 0.2) is 60.7 Å². The van der Waals surface area contributed by atoms with Crippen molar-refractivity contribution >= 4 is 16.6 Å². The number of benzene rings is 3. The Morgan fingerprint density at radius 1 is 1.13 bits per heavy atom. The lowest BCUT2D eigenvalue weighted by Crippen LogP contribution is -2.27. The number of nitrogens with one attached hydrogen (secondary N) is 2. The highest BCUT2D eigenvalue weighted by Gasteiger charge is 2.64. The average Bonchev–Trinajstić information content (AvgIpc) is 3.33. The van der Waals surface area contributed by atoms with Crippen molar-refractivity contribution in [3.63, 3.8) is 0 Å². The van der Waals surface area contributed by atoms with Crippen LogP contribution >= 0.6 is 0 Å². The first-order valence-electron chi connectivity index (χ1n) is 10.5. The van der Waals surface area contributed by atoms with Gasteiger partial charge in [0.2, 0.25) is 0 Å². The number of aliphatic hydroxyl groups excluding tert-OH is 2. The SMILES string of the molecule is COc1ccc2c(c1)C1(C[C@H]1c1ccc3c(-c4cccc(CO)c4)n[nH]c3c1)[C@@H](O)N2. The Bertz CT molecular complexity index is 1310. The minimum atomic E-state index is -0.617. The molecule has 31 heavy (non-hydrogen) atoms. The molecule has 2 heterocycles. The Morgan fingerprint density at radius 2 is 2.03 bits per heavy atom. The number of nitrogens with zero attached hydrogens (tertiary/aromatic N) is 1. The van der Waals surface area contributed by atoms with Crippen LogP contribution in [0.5, 0.6) is 5.75 Å². The first-order valence-corrected chi connectivity index (χ1v) is 10.5. The van der Waals surface area contributed by atoms with E-state index in [0.717, 1.165) is 51.1 Å². The molecule has 1 spiro atoms. The van der Waals surface area contributed by atoms with Crippen molar-refractivity contribution in [2.75, 3.05) is 12.4 Å². The number of fused-ring (bicyclic) bond motifs is 3. The molecule has 0 bridgehead atoms. The van der Waals surface area contributed by atoms with Crippen LogP contribution in [0, 0.1) is 0 Å². The fourth-order valence-corrected chi connectivity index (χ4v) is 5.17. The van der Waals surface area contributed by atoms with E-state index < -0.39 is 6.23 Å². The molecule has 3 aromatic carbocycles. The molecule has 0 amide bonds. The highest BCUT2D eigenvalue weighted by atomic mass is 16.5. The van der Waals surface area contributed by atoms with Gasteiger partial charge in [0.05, 0.1) is 24.9 Å². The summed E-state index contributed by atoms with van der Waals surface area (Å²) in [6.45, 7) is 0.00667. The Hall–Kier alpha value is -3.35.